The molecule has 0 bridgehead atoms. The molecule has 3 nitrogen and oxygen atoms in total. The molecule has 2 aliphatic rings. The largest absolute Gasteiger partial charge is 0.361 e. The first-order chi connectivity index (χ1) is 12.9. The maximum Gasteiger partial charge on any atom is 0.0560 e. The Morgan fingerprint density at radius 3 is 2.26 bits per heavy atom. The Morgan fingerprint density at radius 2 is 1.70 bits per heavy atom. The molecule has 0 saturated carbocycles. The minimum absolute atomic E-state index is 0.00918. The molecule has 1 aliphatic heterocycles. The minimum Gasteiger partial charge on any atom is -0.361 e. The lowest BCUT2D eigenvalue weighted by Gasteiger charge is -2.55. The van der Waals surface area contributed by atoms with Crippen molar-refractivity contribution in [3.05, 3.63) is 59.9 Å². The van der Waals surface area contributed by atoms with Gasteiger partial charge in [0.2, 0.25) is 0 Å². The third-order valence-corrected chi connectivity index (χ3v) is 7.43. The van der Waals surface area contributed by atoms with Crippen LogP contribution in [0.1, 0.15) is 51.7 Å². The molecule has 2 aromatic rings. The van der Waals surface area contributed by atoms with Crippen LogP contribution in [0, 0.1) is 5.41 Å². The summed E-state index contributed by atoms with van der Waals surface area (Å²) in [5.74, 6) is 0. The van der Waals surface area contributed by atoms with Gasteiger partial charge in [0.15, 0.2) is 0 Å². The molecule has 27 heavy (non-hydrogen) atoms. The zero-order valence-electron chi connectivity index (χ0n) is 17.2. The van der Waals surface area contributed by atoms with Gasteiger partial charge in [-0.3, -0.25) is 4.98 Å². The van der Waals surface area contributed by atoms with Crippen molar-refractivity contribution in [2.45, 2.75) is 71.0 Å². The van der Waals surface area contributed by atoms with E-state index in [-0.39, 0.29) is 11.0 Å². The number of nitrogens with zero attached hydrogens (tertiary/aromatic N) is 2. The maximum absolute atomic E-state index is 4.46. The molecular weight excluding hydrogens is 330 g/mol. The van der Waals surface area contributed by atoms with Crippen molar-refractivity contribution in [1.29, 1.82) is 0 Å². The zero-order valence-corrected chi connectivity index (χ0v) is 17.2. The summed E-state index contributed by atoms with van der Waals surface area (Å²) in [5.41, 5.74) is 4.37. The molecule has 0 radical (unpaired) electrons. The van der Waals surface area contributed by atoms with Gasteiger partial charge in [0.1, 0.15) is 0 Å². The van der Waals surface area contributed by atoms with Crippen LogP contribution < -0.4 is 10.2 Å². The van der Waals surface area contributed by atoms with Crippen LogP contribution in [0.2, 0.25) is 0 Å². The fraction of sp³-hybridized carbons (Fsp3) is 0.542. The van der Waals surface area contributed by atoms with Crippen LogP contribution in [-0.4, -0.2) is 29.2 Å². The summed E-state index contributed by atoms with van der Waals surface area (Å²) in [6, 6.07) is 14.3. The Bertz CT molecular complexity index is 750. The maximum atomic E-state index is 4.46. The molecule has 1 aliphatic carbocycles. The number of hydrogen-bond acceptors (Lipinski definition) is 3. The van der Waals surface area contributed by atoms with Crippen molar-refractivity contribution in [3.8, 4) is 0 Å². The van der Waals surface area contributed by atoms with Gasteiger partial charge < -0.3 is 10.2 Å². The van der Waals surface area contributed by atoms with Crippen molar-refractivity contribution in [2.24, 2.45) is 5.41 Å². The predicted octanol–water partition coefficient (Wildman–Crippen LogP) is 4.61. The Kier molecular flexibility index (Phi) is 4.75. The highest BCUT2D eigenvalue weighted by atomic mass is 15.2. The molecule has 2 heterocycles. The van der Waals surface area contributed by atoms with Gasteiger partial charge in [0, 0.05) is 29.2 Å². The van der Waals surface area contributed by atoms with E-state index in [1.807, 2.05) is 12.4 Å². The lowest BCUT2D eigenvalue weighted by molar-refractivity contribution is 0.127. The highest BCUT2D eigenvalue weighted by Crippen LogP contribution is 2.45. The van der Waals surface area contributed by atoms with Gasteiger partial charge in [-0.05, 0) is 69.3 Å². The van der Waals surface area contributed by atoms with E-state index in [9.17, 15) is 0 Å². The second kappa shape index (κ2) is 6.94. The molecule has 1 N–H and O–H groups in total. The molecule has 3 heteroatoms. The number of benzene rings is 1. The van der Waals surface area contributed by atoms with Crippen LogP contribution in [-0.2, 0) is 12.8 Å². The molecule has 1 aromatic heterocycles. The Hall–Kier alpha value is -1.87. The molecular formula is C24H33N3. The van der Waals surface area contributed by atoms with Crippen LogP contribution in [0.25, 0.3) is 0 Å². The van der Waals surface area contributed by atoms with E-state index in [2.05, 4.69) is 79.3 Å². The third-order valence-electron chi connectivity index (χ3n) is 7.43. The topological polar surface area (TPSA) is 28.2 Å². The summed E-state index contributed by atoms with van der Waals surface area (Å²) in [5, 5.41) is 3.77. The third kappa shape index (κ3) is 3.16. The van der Waals surface area contributed by atoms with Gasteiger partial charge in [0.05, 0.1) is 11.9 Å². The molecule has 1 saturated heterocycles. The van der Waals surface area contributed by atoms with E-state index in [0.29, 0.717) is 12.1 Å². The quantitative estimate of drug-likeness (QED) is 0.841. The first-order valence-electron chi connectivity index (χ1n) is 10.4. The van der Waals surface area contributed by atoms with Crippen molar-refractivity contribution in [2.75, 3.05) is 11.4 Å². The number of nitrogens with one attached hydrogen (secondary N) is 1. The molecule has 4 rings (SSSR count). The molecule has 144 valence electrons. The number of anilines is 1. The fourth-order valence-corrected chi connectivity index (χ4v) is 5.24. The zero-order chi connectivity index (χ0) is 19.1. The summed E-state index contributed by atoms with van der Waals surface area (Å²) < 4.78 is 0. The number of aromatic nitrogens is 1. The fourth-order valence-electron chi connectivity index (χ4n) is 5.24. The monoisotopic (exact) mass is 363 g/mol. The summed E-state index contributed by atoms with van der Waals surface area (Å²) in [6.45, 7) is 10.9. The van der Waals surface area contributed by atoms with E-state index in [1.54, 1.807) is 0 Å². The first kappa shape index (κ1) is 18.5. The number of fused-ring (bicyclic) bond motifs is 1. The van der Waals surface area contributed by atoms with E-state index in [1.165, 1.54) is 29.7 Å². The van der Waals surface area contributed by atoms with E-state index in [0.717, 1.165) is 19.4 Å². The van der Waals surface area contributed by atoms with Gasteiger partial charge >= 0.3 is 0 Å². The predicted molar refractivity (Wildman–Crippen MR) is 113 cm³/mol. The summed E-state index contributed by atoms with van der Waals surface area (Å²) in [7, 11) is 0. The minimum atomic E-state index is -0.00918. The van der Waals surface area contributed by atoms with Gasteiger partial charge in [0.25, 0.3) is 0 Å². The van der Waals surface area contributed by atoms with Crippen molar-refractivity contribution >= 4 is 5.69 Å². The smallest absolute Gasteiger partial charge is 0.0560 e. The molecule has 0 spiro atoms. The van der Waals surface area contributed by atoms with Crippen LogP contribution in [0.3, 0.4) is 0 Å². The second-order valence-electron chi connectivity index (χ2n) is 9.34. The standard InChI is InChI=1S/C24H33N3/c1-23(2,22-12-8-14-26-22)24(3,4)27(20-11-7-13-25-17-20)21-15-18-9-5-6-10-19(18)16-21/h5-7,9-11,13,17,21-22,26H,8,12,14-16H2,1-4H3. The number of rotatable bonds is 5. The highest BCUT2D eigenvalue weighted by Gasteiger charge is 2.49. The average Bonchev–Trinajstić information content (AvgIpc) is 3.32. The summed E-state index contributed by atoms with van der Waals surface area (Å²) >= 11 is 0. The molecule has 0 amide bonds. The van der Waals surface area contributed by atoms with Gasteiger partial charge in [-0.2, -0.15) is 0 Å². The van der Waals surface area contributed by atoms with E-state index in [4.69, 9.17) is 0 Å². The Balaban J connectivity index is 1.72. The second-order valence-corrected chi connectivity index (χ2v) is 9.34. The number of hydrogen-bond donors (Lipinski definition) is 1. The summed E-state index contributed by atoms with van der Waals surface area (Å²) in [6.07, 6.45) is 8.70. The van der Waals surface area contributed by atoms with E-state index >= 15 is 0 Å². The normalized spacial score (nSPS) is 20.7. The Labute approximate surface area is 164 Å². The van der Waals surface area contributed by atoms with Gasteiger partial charge in [-0.1, -0.05) is 38.1 Å². The SMILES string of the molecule is CC(C)(C1CCCN1)C(C)(C)N(c1cccnc1)C1Cc2ccccc2C1. The summed E-state index contributed by atoms with van der Waals surface area (Å²) in [4.78, 5) is 7.14. The molecule has 1 aromatic carbocycles. The van der Waals surface area contributed by atoms with Crippen LogP contribution in [0.5, 0.6) is 0 Å². The molecule has 1 atom stereocenters. The molecule has 1 fully saturated rings. The van der Waals surface area contributed by atoms with Crippen molar-refractivity contribution in [1.82, 2.24) is 10.3 Å². The van der Waals surface area contributed by atoms with Crippen LogP contribution in [0.4, 0.5) is 5.69 Å². The van der Waals surface area contributed by atoms with Gasteiger partial charge in [-0.25, -0.2) is 0 Å². The van der Waals surface area contributed by atoms with Gasteiger partial charge in [-0.15, -0.1) is 0 Å². The Morgan fingerprint density at radius 1 is 1.00 bits per heavy atom. The lowest BCUT2D eigenvalue weighted by Crippen LogP contribution is -2.63. The highest BCUT2D eigenvalue weighted by molar-refractivity contribution is 5.51. The lowest BCUT2D eigenvalue weighted by atomic mass is 9.67. The van der Waals surface area contributed by atoms with Crippen molar-refractivity contribution < 1.29 is 0 Å². The van der Waals surface area contributed by atoms with Crippen LogP contribution in [0.15, 0.2) is 48.8 Å². The number of pyridine rings is 1. The molecule has 1 unspecified atom stereocenters. The van der Waals surface area contributed by atoms with Crippen LogP contribution >= 0.6 is 0 Å². The first-order valence-corrected chi connectivity index (χ1v) is 10.4. The average molecular weight is 364 g/mol. The van der Waals surface area contributed by atoms with E-state index < -0.39 is 0 Å². The van der Waals surface area contributed by atoms with Crippen molar-refractivity contribution in [3.63, 3.8) is 0 Å².